The van der Waals surface area contributed by atoms with E-state index in [-0.39, 0.29) is 0 Å². The molecule has 0 aliphatic rings. The summed E-state index contributed by atoms with van der Waals surface area (Å²) >= 11 is 1.54. The third-order valence-corrected chi connectivity index (χ3v) is 2.80. The predicted octanol–water partition coefficient (Wildman–Crippen LogP) is 0.185. The molecule has 90 valence electrons. The molecular formula is C9H19NO4S. The van der Waals surface area contributed by atoms with Crippen molar-refractivity contribution in [2.24, 2.45) is 5.73 Å². The lowest BCUT2D eigenvalue weighted by molar-refractivity contribution is -0.137. The maximum absolute atomic E-state index is 10.4. The van der Waals surface area contributed by atoms with Crippen molar-refractivity contribution in [2.75, 3.05) is 38.4 Å². The normalized spacial score (nSPS) is 12.7. The second-order valence-corrected chi connectivity index (χ2v) is 4.13. The second kappa shape index (κ2) is 10.2. The Labute approximate surface area is 94.3 Å². The van der Waals surface area contributed by atoms with E-state index in [4.69, 9.17) is 20.3 Å². The summed E-state index contributed by atoms with van der Waals surface area (Å²) in [7, 11) is 1.63. The van der Waals surface area contributed by atoms with Gasteiger partial charge in [-0.15, -0.1) is 0 Å². The smallest absolute Gasteiger partial charge is 0.321 e. The van der Waals surface area contributed by atoms with Gasteiger partial charge in [0.1, 0.15) is 6.04 Å². The number of hydrogen-bond donors (Lipinski definition) is 2. The summed E-state index contributed by atoms with van der Waals surface area (Å²) in [5.74, 6) is 0.375. The first-order valence-electron chi connectivity index (χ1n) is 4.81. The summed E-state index contributed by atoms with van der Waals surface area (Å²) in [4.78, 5) is 10.4. The van der Waals surface area contributed by atoms with Gasteiger partial charge in [0.05, 0.1) is 13.2 Å². The SMILES string of the molecule is COCCOCCCSC[C@H](N)C(=O)O. The summed E-state index contributed by atoms with van der Waals surface area (Å²) < 4.78 is 10.1. The van der Waals surface area contributed by atoms with Crippen molar-refractivity contribution in [1.29, 1.82) is 0 Å². The average molecular weight is 237 g/mol. The summed E-state index contributed by atoms with van der Waals surface area (Å²) in [5, 5.41) is 8.50. The molecule has 0 heterocycles. The van der Waals surface area contributed by atoms with Gasteiger partial charge in [-0.05, 0) is 12.2 Å². The Morgan fingerprint density at radius 2 is 2.20 bits per heavy atom. The molecule has 0 aliphatic carbocycles. The van der Waals surface area contributed by atoms with Crippen LogP contribution in [0.2, 0.25) is 0 Å². The average Bonchev–Trinajstić information content (AvgIpc) is 2.21. The van der Waals surface area contributed by atoms with Gasteiger partial charge in [0.15, 0.2) is 0 Å². The van der Waals surface area contributed by atoms with Gasteiger partial charge >= 0.3 is 5.97 Å². The molecule has 0 radical (unpaired) electrons. The molecule has 1 atom stereocenters. The summed E-state index contributed by atoms with van der Waals surface area (Å²) in [6.45, 7) is 1.89. The highest BCUT2D eigenvalue weighted by atomic mass is 32.2. The van der Waals surface area contributed by atoms with E-state index >= 15 is 0 Å². The zero-order chi connectivity index (χ0) is 11.5. The zero-order valence-electron chi connectivity index (χ0n) is 8.98. The molecule has 0 spiro atoms. The molecule has 0 bridgehead atoms. The summed E-state index contributed by atoms with van der Waals surface area (Å²) in [6, 6.07) is -0.760. The van der Waals surface area contributed by atoms with Crippen LogP contribution in [-0.4, -0.2) is 55.6 Å². The van der Waals surface area contributed by atoms with Crippen molar-refractivity contribution < 1.29 is 19.4 Å². The second-order valence-electron chi connectivity index (χ2n) is 2.98. The van der Waals surface area contributed by atoms with E-state index in [2.05, 4.69) is 0 Å². The third kappa shape index (κ3) is 9.99. The fraction of sp³-hybridized carbons (Fsp3) is 0.889. The Morgan fingerprint density at radius 3 is 2.80 bits per heavy atom. The number of aliphatic carboxylic acids is 1. The minimum atomic E-state index is -0.946. The van der Waals surface area contributed by atoms with Crippen LogP contribution in [0.3, 0.4) is 0 Å². The molecule has 5 nitrogen and oxygen atoms in total. The van der Waals surface area contributed by atoms with Crippen molar-refractivity contribution >= 4 is 17.7 Å². The monoisotopic (exact) mass is 237 g/mol. The van der Waals surface area contributed by atoms with E-state index in [0.29, 0.717) is 25.6 Å². The lowest BCUT2D eigenvalue weighted by atomic mass is 10.4. The molecule has 0 aromatic carbocycles. The van der Waals surface area contributed by atoms with Gasteiger partial charge in [0, 0.05) is 19.5 Å². The van der Waals surface area contributed by atoms with E-state index in [0.717, 1.165) is 12.2 Å². The van der Waals surface area contributed by atoms with Gasteiger partial charge in [-0.3, -0.25) is 4.79 Å². The molecule has 0 saturated heterocycles. The van der Waals surface area contributed by atoms with E-state index < -0.39 is 12.0 Å². The van der Waals surface area contributed by atoms with E-state index in [1.807, 2.05) is 0 Å². The molecule has 0 unspecified atom stereocenters. The molecule has 0 fully saturated rings. The third-order valence-electron chi connectivity index (χ3n) is 1.62. The number of hydrogen-bond acceptors (Lipinski definition) is 5. The van der Waals surface area contributed by atoms with Crippen molar-refractivity contribution in [3.8, 4) is 0 Å². The highest BCUT2D eigenvalue weighted by Gasteiger charge is 2.10. The van der Waals surface area contributed by atoms with Crippen LogP contribution < -0.4 is 5.73 Å². The highest BCUT2D eigenvalue weighted by Crippen LogP contribution is 2.04. The van der Waals surface area contributed by atoms with E-state index in [1.54, 1.807) is 7.11 Å². The van der Waals surface area contributed by atoms with Crippen LogP contribution in [0, 0.1) is 0 Å². The standard InChI is InChI=1S/C9H19NO4S/c1-13-4-5-14-3-2-6-15-7-8(10)9(11)12/h8H,2-7,10H2,1H3,(H,11,12)/t8-/m0/s1. The van der Waals surface area contributed by atoms with Crippen molar-refractivity contribution in [3.05, 3.63) is 0 Å². The Hall–Kier alpha value is -0.300. The van der Waals surface area contributed by atoms with Crippen LogP contribution in [0.1, 0.15) is 6.42 Å². The van der Waals surface area contributed by atoms with Crippen LogP contribution in [0.4, 0.5) is 0 Å². The number of ether oxygens (including phenoxy) is 2. The molecule has 0 saturated carbocycles. The maximum Gasteiger partial charge on any atom is 0.321 e. The fourth-order valence-corrected chi connectivity index (χ4v) is 1.67. The zero-order valence-corrected chi connectivity index (χ0v) is 9.79. The van der Waals surface area contributed by atoms with E-state index in [1.165, 1.54) is 11.8 Å². The summed E-state index contributed by atoms with van der Waals surface area (Å²) in [6.07, 6.45) is 0.903. The van der Waals surface area contributed by atoms with Crippen molar-refractivity contribution in [1.82, 2.24) is 0 Å². The van der Waals surface area contributed by atoms with Gasteiger partial charge < -0.3 is 20.3 Å². The number of carboxylic acid groups (broad SMARTS) is 1. The minimum absolute atomic E-state index is 0.452. The molecular weight excluding hydrogens is 218 g/mol. The quantitative estimate of drug-likeness (QED) is 0.528. The van der Waals surface area contributed by atoms with Gasteiger partial charge in [0.2, 0.25) is 0 Å². The van der Waals surface area contributed by atoms with Crippen LogP contribution in [0.15, 0.2) is 0 Å². The van der Waals surface area contributed by atoms with Gasteiger partial charge in [0.25, 0.3) is 0 Å². The lowest BCUT2D eigenvalue weighted by Crippen LogP contribution is -2.32. The first kappa shape index (κ1) is 14.7. The Bertz CT molecular complexity index is 168. The summed E-state index contributed by atoms with van der Waals surface area (Å²) in [5.41, 5.74) is 5.33. The van der Waals surface area contributed by atoms with Crippen molar-refractivity contribution in [2.45, 2.75) is 12.5 Å². The molecule has 3 N–H and O–H groups in total. The Kier molecular flexibility index (Phi) is 10.0. The Morgan fingerprint density at radius 1 is 1.47 bits per heavy atom. The van der Waals surface area contributed by atoms with Crippen LogP contribution >= 0.6 is 11.8 Å². The van der Waals surface area contributed by atoms with Gasteiger partial charge in [-0.25, -0.2) is 0 Å². The number of thioether (sulfide) groups is 1. The molecule has 0 aromatic rings. The van der Waals surface area contributed by atoms with Crippen LogP contribution in [-0.2, 0) is 14.3 Å². The number of carbonyl (C=O) groups is 1. The maximum atomic E-state index is 10.4. The molecule has 6 heteroatoms. The largest absolute Gasteiger partial charge is 0.480 e. The molecule has 0 aliphatic heterocycles. The first-order chi connectivity index (χ1) is 7.18. The number of carboxylic acids is 1. The predicted molar refractivity (Wildman–Crippen MR) is 60.2 cm³/mol. The lowest BCUT2D eigenvalue weighted by Gasteiger charge is -2.06. The Balaban J connectivity index is 3.08. The van der Waals surface area contributed by atoms with Crippen LogP contribution in [0.5, 0.6) is 0 Å². The number of nitrogens with two attached hydrogens (primary N) is 1. The fourth-order valence-electron chi connectivity index (χ4n) is 0.789. The highest BCUT2D eigenvalue weighted by molar-refractivity contribution is 7.99. The van der Waals surface area contributed by atoms with Gasteiger partial charge in [-0.2, -0.15) is 11.8 Å². The molecule has 0 rings (SSSR count). The molecule has 0 amide bonds. The first-order valence-corrected chi connectivity index (χ1v) is 5.96. The van der Waals surface area contributed by atoms with Gasteiger partial charge in [-0.1, -0.05) is 0 Å². The number of methoxy groups -OCH3 is 1. The topological polar surface area (TPSA) is 81.8 Å². The van der Waals surface area contributed by atoms with Crippen LogP contribution in [0.25, 0.3) is 0 Å². The molecule has 15 heavy (non-hydrogen) atoms. The van der Waals surface area contributed by atoms with E-state index in [9.17, 15) is 4.79 Å². The van der Waals surface area contributed by atoms with Crippen molar-refractivity contribution in [3.63, 3.8) is 0 Å². The number of rotatable bonds is 10. The molecule has 0 aromatic heterocycles. The minimum Gasteiger partial charge on any atom is -0.480 e.